The van der Waals surface area contributed by atoms with Crippen molar-refractivity contribution < 1.29 is 5.11 Å². The monoisotopic (exact) mass is 233 g/mol. The zero-order chi connectivity index (χ0) is 12.3. The molecule has 0 aliphatic heterocycles. The number of phenols is 1. The van der Waals surface area contributed by atoms with E-state index in [1.54, 1.807) is 0 Å². The highest BCUT2D eigenvalue weighted by Crippen LogP contribution is 2.48. The molecular formula is C15H23NO. The Bertz CT molecular complexity index is 383. The predicted octanol–water partition coefficient (Wildman–Crippen LogP) is 3.37. The molecule has 2 heteroatoms. The highest BCUT2D eigenvalue weighted by molar-refractivity contribution is 5.39. The summed E-state index contributed by atoms with van der Waals surface area (Å²) < 4.78 is 0. The third kappa shape index (κ3) is 3.01. The molecule has 17 heavy (non-hydrogen) atoms. The highest BCUT2D eigenvalue weighted by atomic mass is 16.3. The van der Waals surface area contributed by atoms with Crippen LogP contribution < -0.4 is 5.32 Å². The van der Waals surface area contributed by atoms with Crippen molar-refractivity contribution in [1.29, 1.82) is 0 Å². The molecule has 1 aliphatic rings. The summed E-state index contributed by atoms with van der Waals surface area (Å²) in [6.07, 6.45) is 5.35. The average molecular weight is 233 g/mol. The molecule has 2 rings (SSSR count). The Morgan fingerprint density at radius 1 is 1.35 bits per heavy atom. The van der Waals surface area contributed by atoms with E-state index in [4.69, 9.17) is 0 Å². The standard InChI is InChI=1S/C15H23NO/c1-3-7-15(8-9-15)11-16-10-13-6-4-5-12(2)14(13)17/h4-6,16-17H,3,7-11H2,1-2H3. The van der Waals surface area contributed by atoms with Crippen LogP contribution in [0, 0.1) is 12.3 Å². The van der Waals surface area contributed by atoms with Gasteiger partial charge < -0.3 is 10.4 Å². The summed E-state index contributed by atoms with van der Waals surface area (Å²) in [6, 6.07) is 5.94. The molecule has 1 aliphatic carbocycles. The van der Waals surface area contributed by atoms with Gasteiger partial charge in [0.15, 0.2) is 0 Å². The van der Waals surface area contributed by atoms with E-state index in [2.05, 4.69) is 12.2 Å². The Morgan fingerprint density at radius 3 is 2.76 bits per heavy atom. The molecule has 1 aromatic rings. The number of para-hydroxylation sites is 1. The fourth-order valence-corrected chi connectivity index (χ4v) is 2.55. The van der Waals surface area contributed by atoms with Gasteiger partial charge in [0.05, 0.1) is 0 Å². The molecule has 0 aromatic heterocycles. The SMILES string of the molecule is CCCC1(CNCc2cccc(C)c2O)CC1. The Labute approximate surface area is 104 Å². The molecule has 0 bridgehead atoms. The third-order valence-electron chi connectivity index (χ3n) is 3.87. The van der Waals surface area contributed by atoms with Crippen molar-refractivity contribution in [3.05, 3.63) is 29.3 Å². The Morgan fingerprint density at radius 2 is 2.12 bits per heavy atom. The smallest absolute Gasteiger partial charge is 0.122 e. The summed E-state index contributed by atoms with van der Waals surface area (Å²) in [7, 11) is 0. The molecule has 94 valence electrons. The minimum absolute atomic E-state index is 0.445. The van der Waals surface area contributed by atoms with E-state index in [1.165, 1.54) is 25.7 Å². The molecule has 2 N–H and O–H groups in total. The molecule has 2 nitrogen and oxygen atoms in total. The number of hydrogen-bond donors (Lipinski definition) is 2. The van der Waals surface area contributed by atoms with Gasteiger partial charge >= 0.3 is 0 Å². The van der Waals surface area contributed by atoms with Crippen molar-refractivity contribution in [2.45, 2.75) is 46.1 Å². The van der Waals surface area contributed by atoms with E-state index in [1.807, 2.05) is 25.1 Å². The van der Waals surface area contributed by atoms with E-state index < -0.39 is 0 Å². The minimum Gasteiger partial charge on any atom is -0.507 e. The van der Waals surface area contributed by atoms with Crippen LogP contribution in [0.1, 0.15) is 43.7 Å². The van der Waals surface area contributed by atoms with Gasteiger partial charge in [0.25, 0.3) is 0 Å². The van der Waals surface area contributed by atoms with Crippen molar-refractivity contribution in [2.75, 3.05) is 6.54 Å². The maximum absolute atomic E-state index is 9.91. The first kappa shape index (κ1) is 12.4. The second-order valence-electron chi connectivity index (χ2n) is 5.44. The normalized spacial score (nSPS) is 17.1. The molecule has 0 atom stereocenters. The fraction of sp³-hybridized carbons (Fsp3) is 0.600. The largest absolute Gasteiger partial charge is 0.507 e. The molecule has 0 amide bonds. The summed E-state index contributed by atoms with van der Waals surface area (Å²) in [4.78, 5) is 0. The number of hydrogen-bond acceptors (Lipinski definition) is 2. The van der Waals surface area contributed by atoms with Gasteiger partial charge in [-0.2, -0.15) is 0 Å². The van der Waals surface area contributed by atoms with Crippen LogP contribution in [0.3, 0.4) is 0 Å². The first-order chi connectivity index (χ1) is 8.17. The second kappa shape index (κ2) is 5.09. The molecule has 0 heterocycles. The molecule has 1 aromatic carbocycles. The number of benzene rings is 1. The Balaban J connectivity index is 1.84. The lowest BCUT2D eigenvalue weighted by Gasteiger charge is -2.15. The summed E-state index contributed by atoms with van der Waals surface area (Å²) >= 11 is 0. The van der Waals surface area contributed by atoms with E-state index in [0.29, 0.717) is 11.2 Å². The van der Waals surface area contributed by atoms with Gasteiger partial charge in [-0.25, -0.2) is 0 Å². The van der Waals surface area contributed by atoms with Gasteiger partial charge in [0.1, 0.15) is 5.75 Å². The molecular weight excluding hydrogens is 210 g/mol. The van der Waals surface area contributed by atoms with Crippen LogP contribution in [0.4, 0.5) is 0 Å². The molecule has 0 unspecified atom stereocenters. The van der Waals surface area contributed by atoms with Gasteiger partial charge in [-0.1, -0.05) is 31.5 Å². The van der Waals surface area contributed by atoms with Gasteiger partial charge in [-0.3, -0.25) is 0 Å². The van der Waals surface area contributed by atoms with Crippen LogP contribution in [0.15, 0.2) is 18.2 Å². The number of aromatic hydroxyl groups is 1. The Kier molecular flexibility index (Phi) is 3.72. The van der Waals surface area contributed by atoms with Crippen molar-refractivity contribution in [3.63, 3.8) is 0 Å². The molecule has 1 saturated carbocycles. The summed E-state index contributed by atoms with van der Waals surface area (Å²) in [6.45, 7) is 6.07. The van der Waals surface area contributed by atoms with Gasteiger partial charge in [0, 0.05) is 18.7 Å². The number of aryl methyl sites for hydroxylation is 1. The summed E-state index contributed by atoms with van der Waals surface area (Å²) in [5, 5.41) is 13.4. The molecule has 0 saturated heterocycles. The third-order valence-corrected chi connectivity index (χ3v) is 3.87. The lowest BCUT2D eigenvalue weighted by Crippen LogP contribution is -2.23. The quantitative estimate of drug-likeness (QED) is 0.789. The topological polar surface area (TPSA) is 32.3 Å². The van der Waals surface area contributed by atoms with Crippen molar-refractivity contribution in [3.8, 4) is 5.75 Å². The molecule has 1 fully saturated rings. The van der Waals surface area contributed by atoms with Crippen molar-refractivity contribution in [2.24, 2.45) is 5.41 Å². The number of rotatable bonds is 6. The number of phenolic OH excluding ortho intramolecular Hbond substituents is 1. The van der Waals surface area contributed by atoms with Crippen LogP contribution in [0.5, 0.6) is 5.75 Å². The second-order valence-corrected chi connectivity index (χ2v) is 5.44. The lowest BCUT2D eigenvalue weighted by atomic mass is 10.0. The first-order valence-electron chi connectivity index (χ1n) is 6.65. The molecule has 0 spiro atoms. The average Bonchev–Trinajstić information content (AvgIpc) is 3.05. The summed E-state index contributed by atoms with van der Waals surface area (Å²) in [5.74, 6) is 0.445. The summed E-state index contributed by atoms with van der Waals surface area (Å²) in [5.41, 5.74) is 2.55. The minimum atomic E-state index is 0.445. The van der Waals surface area contributed by atoms with Crippen molar-refractivity contribution in [1.82, 2.24) is 5.32 Å². The maximum Gasteiger partial charge on any atom is 0.122 e. The molecule has 0 radical (unpaired) electrons. The zero-order valence-electron chi connectivity index (χ0n) is 10.9. The van der Waals surface area contributed by atoms with Gasteiger partial charge in [0.2, 0.25) is 0 Å². The van der Waals surface area contributed by atoms with Crippen LogP contribution >= 0.6 is 0 Å². The van der Waals surface area contributed by atoms with Crippen LogP contribution in [0.25, 0.3) is 0 Å². The van der Waals surface area contributed by atoms with E-state index >= 15 is 0 Å². The van der Waals surface area contributed by atoms with E-state index in [9.17, 15) is 5.11 Å². The van der Waals surface area contributed by atoms with Gasteiger partial charge in [-0.15, -0.1) is 0 Å². The van der Waals surface area contributed by atoms with Crippen molar-refractivity contribution >= 4 is 0 Å². The van der Waals surface area contributed by atoms with Gasteiger partial charge in [-0.05, 0) is 37.2 Å². The Hall–Kier alpha value is -1.02. The van der Waals surface area contributed by atoms with E-state index in [0.717, 1.165) is 24.2 Å². The first-order valence-corrected chi connectivity index (χ1v) is 6.65. The van der Waals surface area contributed by atoms with Crippen LogP contribution in [-0.4, -0.2) is 11.7 Å². The fourth-order valence-electron chi connectivity index (χ4n) is 2.55. The lowest BCUT2D eigenvalue weighted by molar-refractivity contribution is 0.414. The van der Waals surface area contributed by atoms with E-state index in [-0.39, 0.29) is 0 Å². The highest BCUT2D eigenvalue weighted by Gasteiger charge is 2.40. The zero-order valence-corrected chi connectivity index (χ0v) is 10.9. The number of nitrogens with one attached hydrogen (secondary N) is 1. The van der Waals surface area contributed by atoms with Crippen LogP contribution in [-0.2, 0) is 6.54 Å². The maximum atomic E-state index is 9.91. The van der Waals surface area contributed by atoms with Crippen LogP contribution in [0.2, 0.25) is 0 Å². The predicted molar refractivity (Wildman–Crippen MR) is 71.1 cm³/mol.